The summed E-state index contributed by atoms with van der Waals surface area (Å²) in [5.74, 6) is 1.46. The number of nitrogens with one attached hydrogen (secondary N) is 3. The van der Waals surface area contributed by atoms with Crippen molar-refractivity contribution < 1.29 is 4.79 Å². The van der Waals surface area contributed by atoms with Crippen molar-refractivity contribution in [3.63, 3.8) is 0 Å². The summed E-state index contributed by atoms with van der Waals surface area (Å²) < 4.78 is 1.02. The molecule has 7 heteroatoms. The molecule has 3 heterocycles. The molecule has 1 saturated heterocycles. The Kier molecular flexibility index (Phi) is 2.75. The number of thiophene rings is 1. The lowest BCUT2D eigenvalue weighted by Crippen LogP contribution is -2.23. The van der Waals surface area contributed by atoms with Crippen LogP contribution in [0.25, 0.3) is 10.2 Å². The van der Waals surface area contributed by atoms with E-state index < -0.39 is 0 Å². The molecule has 0 aromatic carbocycles. The third-order valence-electron chi connectivity index (χ3n) is 2.85. The Hall–Kier alpha value is -1.89. The van der Waals surface area contributed by atoms with Crippen LogP contribution in [0.1, 0.15) is 6.42 Å². The van der Waals surface area contributed by atoms with Crippen LogP contribution in [0.3, 0.4) is 0 Å². The van der Waals surface area contributed by atoms with Gasteiger partial charge in [-0.1, -0.05) is 0 Å². The Morgan fingerprint density at radius 1 is 1.50 bits per heavy atom. The van der Waals surface area contributed by atoms with Crippen molar-refractivity contribution in [2.75, 3.05) is 24.2 Å². The maximum atomic E-state index is 11.2. The minimum Gasteiger partial charge on any atom is -0.364 e. The zero-order valence-electron chi connectivity index (χ0n) is 9.86. The van der Waals surface area contributed by atoms with Gasteiger partial charge in [-0.3, -0.25) is 4.79 Å². The van der Waals surface area contributed by atoms with Crippen molar-refractivity contribution >= 4 is 39.2 Å². The standard InChI is InChI=1S/C11H13N5OS/c1-12-11-15-7-2-3-18-9(7)10(16-11)14-6-4-8(17)13-5-6/h2-3,6H,4-5H2,1H3,(H,13,17)(H2,12,14,15,16). The summed E-state index contributed by atoms with van der Waals surface area (Å²) >= 11 is 1.60. The largest absolute Gasteiger partial charge is 0.364 e. The van der Waals surface area contributed by atoms with Gasteiger partial charge in [-0.05, 0) is 11.4 Å². The first-order valence-electron chi connectivity index (χ1n) is 5.72. The molecular weight excluding hydrogens is 250 g/mol. The van der Waals surface area contributed by atoms with E-state index in [9.17, 15) is 4.79 Å². The highest BCUT2D eigenvalue weighted by molar-refractivity contribution is 7.17. The fourth-order valence-electron chi connectivity index (χ4n) is 1.97. The fraction of sp³-hybridized carbons (Fsp3) is 0.364. The minimum atomic E-state index is 0.0813. The number of hydrogen-bond donors (Lipinski definition) is 3. The summed E-state index contributed by atoms with van der Waals surface area (Å²) in [6, 6.07) is 2.06. The van der Waals surface area contributed by atoms with Crippen LogP contribution in [0, 0.1) is 0 Å². The van der Waals surface area contributed by atoms with Gasteiger partial charge in [0.25, 0.3) is 0 Å². The van der Waals surface area contributed by atoms with Gasteiger partial charge in [0.05, 0.1) is 16.3 Å². The number of fused-ring (bicyclic) bond motifs is 1. The third kappa shape index (κ3) is 1.97. The maximum absolute atomic E-state index is 11.2. The van der Waals surface area contributed by atoms with Crippen LogP contribution < -0.4 is 16.0 Å². The molecule has 3 rings (SSSR count). The normalized spacial score (nSPS) is 18.9. The average Bonchev–Trinajstić information content (AvgIpc) is 2.98. The molecule has 1 aliphatic heterocycles. The average molecular weight is 263 g/mol. The van der Waals surface area contributed by atoms with Crippen molar-refractivity contribution in [3.05, 3.63) is 11.4 Å². The van der Waals surface area contributed by atoms with Crippen LogP contribution in [0.15, 0.2) is 11.4 Å². The molecule has 0 bridgehead atoms. The molecule has 2 aromatic heterocycles. The lowest BCUT2D eigenvalue weighted by atomic mass is 10.2. The van der Waals surface area contributed by atoms with E-state index in [4.69, 9.17) is 0 Å². The van der Waals surface area contributed by atoms with Crippen molar-refractivity contribution in [3.8, 4) is 0 Å². The first kappa shape index (κ1) is 11.2. The van der Waals surface area contributed by atoms with E-state index in [2.05, 4.69) is 25.9 Å². The molecule has 6 nitrogen and oxygen atoms in total. The van der Waals surface area contributed by atoms with Crippen LogP contribution in [-0.2, 0) is 4.79 Å². The summed E-state index contributed by atoms with van der Waals surface area (Å²) in [6.07, 6.45) is 0.492. The minimum absolute atomic E-state index is 0.0813. The highest BCUT2D eigenvalue weighted by atomic mass is 32.1. The van der Waals surface area contributed by atoms with E-state index in [1.165, 1.54) is 0 Å². The molecule has 1 unspecified atom stereocenters. The zero-order chi connectivity index (χ0) is 12.5. The summed E-state index contributed by atoms with van der Waals surface area (Å²) in [5, 5.41) is 11.0. The Bertz CT molecular complexity index is 596. The molecule has 94 valence electrons. The predicted octanol–water partition coefficient (Wildman–Crippen LogP) is 1.03. The molecule has 1 fully saturated rings. The van der Waals surface area contributed by atoms with Gasteiger partial charge >= 0.3 is 0 Å². The van der Waals surface area contributed by atoms with E-state index in [0.717, 1.165) is 16.0 Å². The highest BCUT2D eigenvalue weighted by Gasteiger charge is 2.22. The Morgan fingerprint density at radius 3 is 3.11 bits per heavy atom. The predicted molar refractivity (Wildman–Crippen MR) is 72.0 cm³/mol. The van der Waals surface area contributed by atoms with Crippen molar-refractivity contribution in [1.29, 1.82) is 0 Å². The number of carbonyl (C=O) groups is 1. The molecule has 3 N–H and O–H groups in total. The SMILES string of the molecule is CNc1nc(NC2CNC(=O)C2)c2sccc2n1. The van der Waals surface area contributed by atoms with Crippen molar-refractivity contribution in [2.45, 2.75) is 12.5 Å². The summed E-state index contributed by atoms with van der Waals surface area (Å²) in [7, 11) is 1.79. The second kappa shape index (κ2) is 4.41. The Labute approximate surface area is 108 Å². The number of rotatable bonds is 3. The monoisotopic (exact) mass is 263 g/mol. The smallest absolute Gasteiger partial charge is 0.225 e. The molecule has 0 aliphatic carbocycles. The summed E-state index contributed by atoms with van der Waals surface area (Å²) in [5.41, 5.74) is 0.916. The molecule has 18 heavy (non-hydrogen) atoms. The van der Waals surface area contributed by atoms with Crippen molar-refractivity contribution in [1.82, 2.24) is 15.3 Å². The van der Waals surface area contributed by atoms with Gasteiger partial charge in [-0.2, -0.15) is 4.98 Å². The van der Waals surface area contributed by atoms with Crippen LogP contribution >= 0.6 is 11.3 Å². The quantitative estimate of drug-likeness (QED) is 0.771. The molecule has 0 saturated carbocycles. The van der Waals surface area contributed by atoms with E-state index in [1.54, 1.807) is 18.4 Å². The number of carbonyl (C=O) groups excluding carboxylic acids is 1. The Balaban J connectivity index is 1.94. The van der Waals surface area contributed by atoms with Gasteiger partial charge in [0.1, 0.15) is 5.82 Å². The number of nitrogens with zero attached hydrogens (tertiary/aromatic N) is 2. The number of hydrogen-bond acceptors (Lipinski definition) is 6. The van der Waals surface area contributed by atoms with E-state index in [-0.39, 0.29) is 11.9 Å². The lowest BCUT2D eigenvalue weighted by Gasteiger charge is -2.12. The number of amides is 1. The van der Waals surface area contributed by atoms with Gasteiger partial charge in [0.15, 0.2) is 0 Å². The van der Waals surface area contributed by atoms with Crippen LogP contribution in [0.2, 0.25) is 0 Å². The van der Waals surface area contributed by atoms with Crippen LogP contribution in [0.4, 0.5) is 11.8 Å². The van der Waals surface area contributed by atoms with Gasteiger partial charge in [-0.25, -0.2) is 4.98 Å². The molecule has 2 aromatic rings. The Morgan fingerprint density at radius 2 is 2.39 bits per heavy atom. The molecular formula is C11H13N5OS. The highest BCUT2D eigenvalue weighted by Crippen LogP contribution is 2.28. The molecule has 0 spiro atoms. The fourth-order valence-corrected chi connectivity index (χ4v) is 2.76. The molecule has 1 aliphatic rings. The molecule has 0 radical (unpaired) electrons. The second-order valence-electron chi connectivity index (χ2n) is 4.13. The van der Waals surface area contributed by atoms with Gasteiger partial charge < -0.3 is 16.0 Å². The first-order valence-corrected chi connectivity index (χ1v) is 6.60. The van der Waals surface area contributed by atoms with Gasteiger partial charge in [0, 0.05) is 20.0 Å². The topological polar surface area (TPSA) is 78.9 Å². The number of anilines is 2. The maximum Gasteiger partial charge on any atom is 0.225 e. The van der Waals surface area contributed by atoms with Gasteiger partial charge in [-0.15, -0.1) is 11.3 Å². The van der Waals surface area contributed by atoms with Crippen LogP contribution in [-0.4, -0.2) is 35.5 Å². The van der Waals surface area contributed by atoms with E-state index in [0.29, 0.717) is 18.9 Å². The van der Waals surface area contributed by atoms with E-state index >= 15 is 0 Å². The lowest BCUT2D eigenvalue weighted by molar-refractivity contribution is -0.119. The summed E-state index contributed by atoms with van der Waals surface area (Å²) in [6.45, 7) is 0.643. The zero-order valence-corrected chi connectivity index (χ0v) is 10.7. The van der Waals surface area contributed by atoms with Crippen LogP contribution in [0.5, 0.6) is 0 Å². The summed E-state index contributed by atoms with van der Waals surface area (Å²) in [4.78, 5) is 20.0. The first-order chi connectivity index (χ1) is 8.76. The number of aromatic nitrogens is 2. The van der Waals surface area contributed by atoms with Gasteiger partial charge in [0.2, 0.25) is 11.9 Å². The van der Waals surface area contributed by atoms with Crippen molar-refractivity contribution in [2.24, 2.45) is 0 Å². The third-order valence-corrected chi connectivity index (χ3v) is 3.76. The second-order valence-corrected chi connectivity index (χ2v) is 5.05. The molecule has 1 amide bonds. The molecule has 1 atom stereocenters. The van der Waals surface area contributed by atoms with E-state index in [1.807, 2.05) is 11.4 Å².